The lowest BCUT2D eigenvalue weighted by atomic mass is 10.1. The van der Waals surface area contributed by atoms with Crippen molar-refractivity contribution in [3.8, 4) is 11.5 Å². The summed E-state index contributed by atoms with van der Waals surface area (Å²) in [5, 5.41) is 21.5. The molecule has 2 rings (SSSR count). The van der Waals surface area contributed by atoms with Crippen LogP contribution in [-0.4, -0.2) is 35.9 Å². The van der Waals surface area contributed by atoms with Crippen molar-refractivity contribution >= 4 is 5.91 Å². The molecule has 5 nitrogen and oxygen atoms in total. The molecule has 22 heavy (non-hydrogen) atoms. The van der Waals surface area contributed by atoms with Gasteiger partial charge in [0.1, 0.15) is 11.5 Å². The van der Waals surface area contributed by atoms with Gasteiger partial charge in [-0.2, -0.15) is 0 Å². The average molecular weight is 301 g/mol. The quantitative estimate of drug-likeness (QED) is 0.759. The second-order valence-corrected chi connectivity index (χ2v) is 4.92. The number of rotatable bonds is 6. The molecule has 0 fully saturated rings. The molecule has 1 atom stereocenters. The molecule has 0 bridgehead atoms. The zero-order chi connectivity index (χ0) is 15.9. The Morgan fingerprint density at radius 1 is 1.18 bits per heavy atom. The fourth-order valence-corrected chi connectivity index (χ4v) is 2.17. The molecule has 0 aliphatic rings. The first-order valence-electron chi connectivity index (χ1n) is 6.96. The summed E-state index contributed by atoms with van der Waals surface area (Å²) >= 11 is 0. The molecule has 0 spiro atoms. The summed E-state index contributed by atoms with van der Waals surface area (Å²) < 4.78 is 5.16. The molecule has 0 aromatic heterocycles. The molecule has 1 unspecified atom stereocenters. The van der Waals surface area contributed by atoms with E-state index >= 15 is 0 Å². The third-order valence-corrected chi connectivity index (χ3v) is 3.33. The van der Waals surface area contributed by atoms with Crippen LogP contribution in [0.4, 0.5) is 0 Å². The zero-order valence-corrected chi connectivity index (χ0v) is 12.3. The van der Waals surface area contributed by atoms with Crippen molar-refractivity contribution < 1.29 is 19.7 Å². The molecule has 2 aromatic carbocycles. The monoisotopic (exact) mass is 301 g/mol. The van der Waals surface area contributed by atoms with E-state index in [0.29, 0.717) is 17.7 Å². The van der Waals surface area contributed by atoms with Gasteiger partial charge >= 0.3 is 0 Å². The minimum Gasteiger partial charge on any atom is -0.508 e. The molecule has 1 amide bonds. The Labute approximate surface area is 129 Å². The van der Waals surface area contributed by atoms with E-state index in [9.17, 15) is 15.0 Å². The summed E-state index contributed by atoms with van der Waals surface area (Å²) in [6.45, 7) is -0.179. The summed E-state index contributed by atoms with van der Waals surface area (Å²) in [5.41, 5.74) is 1.34. The fourth-order valence-electron chi connectivity index (χ4n) is 2.17. The number of aliphatic hydroxyl groups excluding tert-OH is 1. The van der Waals surface area contributed by atoms with Gasteiger partial charge in [0.25, 0.3) is 5.91 Å². The van der Waals surface area contributed by atoms with Gasteiger partial charge in [-0.15, -0.1) is 0 Å². The number of para-hydroxylation sites is 1. The number of hydrogen-bond acceptors (Lipinski definition) is 4. The molecule has 2 aromatic rings. The highest BCUT2D eigenvalue weighted by Crippen LogP contribution is 2.17. The van der Waals surface area contributed by atoms with Crippen molar-refractivity contribution in [1.29, 1.82) is 0 Å². The minimum atomic E-state index is -0.415. The summed E-state index contributed by atoms with van der Waals surface area (Å²) in [4.78, 5) is 12.3. The number of hydrogen-bond donors (Lipinski definition) is 3. The molecule has 116 valence electrons. The number of phenols is 1. The number of methoxy groups -OCH3 is 1. The maximum Gasteiger partial charge on any atom is 0.255 e. The lowest BCUT2D eigenvalue weighted by Crippen LogP contribution is -2.39. The highest BCUT2D eigenvalue weighted by molar-refractivity contribution is 5.97. The van der Waals surface area contributed by atoms with E-state index in [1.807, 2.05) is 0 Å². The first-order chi connectivity index (χ1) is 10.6. The van der Waals surface area contributed by atoms with E-state index in [4.69, 9.17) is 4.74 Å². The number of amides is 1. The van der Waals surface area contributed by atoms with Gasteiger partial charge in [-0.3, -0.25) is 4.79 Å². The van der Waals surface area contributed by atoms with Crippen molar-refractivity contribution in [3.05, 3.63) is 59.7 Å². The second kappa shape index (κ2) is 7.47. The van der Waals surface area contributed by atoms with Crippen molar-refractivity contribution in [2.75, 3.05) is 13.7 Å². The molecule has 0 radical (unpaired) electrons. The standard InChI is InChI=1S/C17H19NO4/c1-22-16-5-3-2-4-15(16)17(21)18-13(11-19)10-12-6-8-14(20)9-7-12/h2-9,13,19-20H,10-11H2,1H3,(H,18,21). The van der Waals surface area contributed by atoms with E-state index in [0.717, 1.165) is 5.56 Å². The third kappa shape index (κ3) is 3.99. The van der Waals surface area contributed by atoms with Crippen LogP contribution in [0.5, 0.6) is 11.5 Å². The minimum absolute atomic E-state index is 0.179. The predicted molar refractivity (Wildman–Crippen MR) is 83.1 cm³/mol. The van der Waals surface area contributed by atoms with Gasteiger partial charge in [0.2, 0.25) is 0 Å². The molecular formula is C17H19NO4. The summed E-state index contributed by atoms with van der Waals surface area (Å²) in [6, 6.07) is 13.2. The van der Waals surface area contributed by atoms with Gasteiger partial charge in [0.15, 0.2) is 0 Å². The summed E-state index contributed by atoms with van der Waals surface area (Å²) in [5.74, 6) is 0.374. The highest BCUT2D eigenvalue weighted by Gasteiger charge is 2.16. The summed E-state index contributed by atoms with van der Waals surface area (Å²) in [7, 11) is 1.51. The zero-order valence-electron chi connectivity index (χ0n) is 12.3. The predicted octanol–water partition coefficient (Wildman–Crippen LogP) is 1.73. The van der Waals surface area contributed by atoms with Crippen LogP contribution in [0.15, 0.2) is 48.5 Å². The van der Waals surface area contributed by atoms with E-state index in [-0.39, 0.29) is 18.3 Å². The Morgan fingerprint density at radius 2 is 1.86 bits per heavy atom. The number of aromatic hydroxyl groups is 1. The average Bonchev–Trinajstić information content (AvgIpc) is 2.56. The molecule has 0 heterocycles. The van der Waals surface area contributed by atoms with Crippen LogP contribution in [-0.2, 0) is 6.42 Å². The van der Waals surface area contributed by atoms with Crippen LogP contribution < -0.4 is 10.1 Å². The first-order valence-corrected chi connectivity index (χ1v) is 6.96. The maximum absolute atomic E-state index is 12.3. The van der Waals surface area contributed by atoms with Gasteiger partial charge in [-0.05, 0) is 36.2 Å². The summed E-state index contributed by atoms with van der Waals surface area (Å²) in [6.07, 6.45) is 0.470. The van der Waals surface area contributed by atoms with Gasteiger partial charge in [0, 0.05) is 0 Å². The number of carbonyl (C=O) groups excluding carboxylic acids is 1. The van der Waals surface area contributed by atoms with Crippen molar-refractivity contribution in [2.24, 2.45) is 0 Å². The third-order valence-electron chi connectivity index (χ3n) is 3.33. The first kappa shape index (κ1) is 15.9. The SMILES string of the molecule is COc1ccccc1C(=O)NC(CO)Cc1ccc(O)cc1. The van der Waals surface area contributed by atoms with Gasteiger partial charge in [0.05, 0.1) is 25.3 Å². The van der Waals surface area contributed by atoms with Crippen LogP contribution in [0.25, 0.3) is 0 Å². The van der Waals surface area contributed by atoms with Gasteiger partial charge < -0.3 is 20.3 Å². The number of phenolic OH excluding ortho intramolecular Hbond substituents is 1. The van der Waals surface area contributed by atoms with E-state index in [2.05, 4.69) is 5.32 Å². The molecule has 3 N–H and O–H groups in total. The second-order valence-electron chi connectivity index (χ2n) is 4.92. The lowest BCUT2D eigenvalue weighted by molar-refractivity contribution is 0.0913. The Hall–Kier alpha value is -2.53. The number of benzene rings is 2. The molecule has 5 heteroatoms. The van der Waals surface area contributed by atoms with Crippen LogP contribution >= 0.6 is 0 Å². The topological polar surface area (TPSA) is 78.8 Å². The van der Waals surface area contributed by atoms with Crippen LogP contribution in [0, 0.1) is 0 Å². The lowest BCUT2D eigenvalue weighted by Gasteiger charge is -2.17. The molecule has 0 aliphatic heterocycles. The molecule has 0 saturated carbocycles. The van der Waals surface area contributed by atoms with Crippen molar-refractivity contribution in [3.63, 3.8) is 0 Å². The van der Waals surface area contributed by atoms with E-state index in [1.54, 1.807) is 48.5 Å². The Kier molecular flexibility index (Phi) is 5.38. The van der Waals surface area contributed by atoms with Crippen molar-refractivity contribution in [1.82, 2.24) is 5.32 Å². The molecule has 0 saturated heterocycles. The maximum atomic E-state index is 12.3. The van der Waals surface area contributed by atoms with Gasteiger partial charge in [-0.25, -0.2) is 0 Å². The van der Waals surface area contributed by atoms with E-state index in [1.165, 1.54) is 7.11 Å². The number of ether oxygens (including phenoxy) is 1. The van der Waals surface area contributed by atoms with Gasteiger partial charge in [-0.1, -0.05) is 24.3 Å². The number of aliphatic hydroxyl groups is 1. The fraction of sp³-hybridized carbons (Fsp3) is 0.235. The van der Waals surface area contributed by atoms with Crippen LogP contribution in [0.2, 0.25) is 0 Å². The normalized spacial score (nSPS) is 11.7. The molecule has 0 aliphatic carbocycles. The van der Waals surface area contributed by atoms with Crippen LogP contribution in [0.3, 0.4) is 0 Å². The largest absolute Gasteiger partial charge is 0.508 e. The Balaban J connectivity index is 2.06. The van der Waals surface area contributed by atoms with Crippen LogP contribution in [0.1, 0.15) is 15.9 Å². The number of nitrogens with one attached hydrogen (secondary N) is 1. The highest BCUT2D eigenvalue weighted by atomic mass is 16.5. The van der Waals surface area contributed by atoms with Crippen molar-refractivity contribution in [2.45, 2.75) is 12.5 Å². The Morgan fingerprint density at radius 3 is 2.50 bits per heavy atom. The molecular weight excluding hydrogens is 282 g/mol. The smallest absolute Gasteiger partial charge is 0.255 e. The van der Waals surface area contributed by atoms with E-state index < -0.39 is 6.04 Å². The number of carbonyl (C=O) groups is 1. The Bertz CT molecular complexity index is 625.